The average Bonchev–Trinajstić information content (AvgIpc) is 3.43. The van der Waals surface area contributed by atoms with Gasteiger partial charge >= 0.3 is 6.03 Å². The molecule has 3 N–H and O–H groups in total. The topological polar surface area (TPSA) is 112 Å². The molecule has 1 aromatic carbocycles. The summed E-state index contributed by atoms with van der Waals surface area (Å²) in [5.74, 6) is 0.717. The van der Waals surface area contributed by atoms with E-state index in [1.165, 1.54) is 34.0 Å². The predicted molar refractivity (Wildman–Crippen MR) is 114 cm³/mol. The van der Waals surface area contributed by atoms with Crippen LogP contribution < -0.4 is 15.2 Å². The van der Waals surface area contributed by atoms with Crippen LogP contribution in [0.1, 0.15) is 59.9 Å². The number of aromatic nitrogens is 2. The molecule has 0 saturated carbocycles. The first-order chi connectivity index (χ1) is 14.4. The van der Waals surface area contributed by atoms with Gasteiger partial charge < -0.3 is 10.1 Å². The second kappa shape index (κ2) is 7.09. The van der Waals surface area contributed by atoms with Gasteiger partial charge in [0.2, 0.25) is 5.88 Å². The lowest BCUT2D eigenvalue weighted by Crippen LogP contribution is -2.21. The zero-order chi connectivity index (χ0) is 21.0. The van der Waals surface area contributed by atoms with Crippen LogP contribution in [0.2, 0.25) is 0 Å². The Morgan fingerprint density at radius 1 is 1.30 bits per heavy atom. The van der Waals surface area contributed by atoms with Crippen molar-refractivity contribution >= 4 is 21.6 Å². The Kier molecular flexibility index (Phi) is 4.62. The maximum atomic E-state index is 13.1. The summed E-state index contributed by atoms with van der Waals surface area (Å²) in [6, 6.07) is -0.683. The van der Waals surface area contributed by atoms with Crippen LogP contribution in [-0.4, -0.2) is 26.6 Å². The molecule has 9 heteroatoms. The fraction of sp³-hybridized carbons (Fsp3) is 0.524. The zero-order valence-corrected chi connectivity index (χ0v) is 18.2. The van der Waals surface area contributed by atoms with Crippen molar-refractivity contribution in [3.05, 3.63) is 34.0 Å². The Labute approximate surface area is 176 Å². The number of nitrogens with two attached hydrogens (primary N) is 1. The first kappa shape index (κ1) is 19.6. The molecule has 30 heavy (non-hydrogen) atoms. The number of carbonyl (C=O) groups excluding carboxylic acids is 1. The minimum Gasteiger partial charge on any atom is -0.477 e. The van der Waals surface area contributed by atoms with Crippen molar-refractivity contribution in [2.75, 3.05) is 11.9 Å². The van der Waals surface area contributed by atoms with Gasteiger partial charge in [-0.2, -0.15) is 5.10 Å². The van der Waals surface area contributed by atoms with Crippen LogP contribution in [-0.2, 0) is 35.7 Å². The van der Waals surface area contributed by atoms with Crippen molar-refractivity contribution in [1.82, 2.24) is 9.78 Å². The van der Waals surface area contributed by atoms with E-state index >= 15 is 0 Å². The number of benzene rings is 1. The lowest BCUT2D eigenvalue weighted by molar-refractivity contribution is 0.224. The number of urea groups is 1. The monoisotopic (exact) mass is 429 g/mol. The molecule has 3 aliphatic rings. The molecule has 2 heterocycles. The first-order valence-corrected chi connectivity index (χ1v) is 12.2. The molecule has 1 unspecified atom stereocenters. The average molecular weight is 430 g/mol. The molecule has 0 bridgehead atoms. The van der Waals surface area contributed by atoms with Crippen LogP contribution in [0.15, 0.2) is 15.5 Å². The van der Waals surface area contributed by atoms with Crippen molar-refractivity contribution in [3.63, 3.8) is 0 Å². The molecule has 1 aliphatic heterocycles. The number of ether oxygens (including phenoxy) is 1. The highest BCUT2D eigenvalue weighted by molar-refractivity contribution is 7.91. The number of aryl methyl sites for hydroxylation is 1. The SMILES string of the molecule is Cc1c2c(c(NC(=O)N=S(N)(=O)c3cnn4c3OCCC4)c3c1CC[C@@H]3C)CCC2. The summed E-state index contributed by atoms with van der Waals surface area (Å²) >= 11 is 0. The molecule has 2 aliphatic carbocycles. The highest BCUT2D eigenvalue weighted by Crippen LogP contribution is 2.46. The van der Waals surface area contributed by atoms with Crippen LogP contribution in [0, 0.1) is 6.92 Å². The maximum absolute atomic E-state index is 13.1. The second-order valence-electron chi connectivity index (χ2n) is 8.47. The van der Waals surface area contributed by atoms with Crippen molar-refractivity contribution < 1.29 is 13.7 Å². The van der Waals surface area contributed by atoms with Gasteiger partial charge in [-0.1, -0.05) is 6.92 Å². The zero-order valence-electron chi connectivity index (χ0n) is 17.4. The molecule has 2 amide bonds. The Morgan fingerprint density at radius 2 is 2.10 bits per heavy atom. The van der Waals surface area contributed by atoms with E-state index in [2.05, 4.69) is 28.6 Å². The van der Waals surface area contributed by atoms with Crippen LogP contribution in [0.3, 0.4) is 0 Å². The van der Waals surface area contributed by atoms with E-state index < -0.39 is 15.9 Å². The third kappa shape index (κ3) is 3.02. The highest BCUT2D eigenvalue weighted by atomic mass is 32.2. The predicted octanol–water partition coefficient (Wildman–Crippen LogP) is 3.45. The normalized spacial score (nSPS) is 21.2. The van der Waals surface area contributed by atoms with Crippen LogP contribution >= 0.6 is 0 Å². The molecule has 0 fully saturated rings. The van der Waals surface area contributed by atoms with Crippen molar-refractivity contribution in [2.45, 2.75) is 69.7 Å². The molecule has 160 valence electrons. The van der Waals surface area contributed by atoms with E-state index in [1.54, 1.807) is 4.68 Å². The Morgan fingerprint density at radius 3 is 2.93 bits per heavy atom. The number of amides is 2. The summed E-state index contributed by atoms with van der Waals surface area (Å²) in [7, 11) is -3.47. The molecule has 1 aromatic heterocycles. The minimum atomic E-state index is -3.47. The fourth-order valence-electron chi connectivity index (χ4n) is 5.19. The maximum Gasteiger partial charge on any atom is 0.354 e. The van der Waals surface area contributed by atoms with Gasteiger partial charge in [-0.3, -0.25) is 0 Å². The van der Waals surface area contributed by atoms with Crippen LogP contribution in [0.4, 0.5) is 10.5 Å². The van der Waals surface area contributed by atoms with Crippen molar-refractivity contribution in [1.29, 1.82) is 0 Å². The standard InChI is InChI=1S/C21H27N5O3S/c1-12-7-8-15-13(2)14-5-3-6-16(14)19(18(12)15)24-21(27)25-30(22,28)17-11-23-26-9-4-10-29-20(17)26/h11-12H,3-10H2,1-2H3,(H3,22,24,25,27,28)/t12-,30?/m0/s1. The van der Waals surface area contributed by atoms with E-state index in [1.807, 2.05) is 0 Å². The quantitative estimate of drug-likeness (QED) is 0.761. The fourth-order valence-corrected chi connectivity index (χ4v) is 6.20. The number of hydrogen-bond acceptors (Lipinski definition) is 4. The molecule has 2 atom stereocenters. The van der Waals surface area contributed by atoms with Gasteiger partial charge in [0, 0.05) is 18.7 Å². The summed E-state index contributed by atoms with van der Waals surface area (Å²) < 4.78 is 24.2. The Hall–Kier alpha value is -2.39. The summed E-state index contributed by atoms with van der Waals surface area (Å²) in [4.78, 5) is 13.0. The minimum absolute atomic E-state index is 0.171. The number of hydrogen-bond donors (Lipinski definition) is 2. The van der Waals surface area contributed by atoms with Gasteiger partial charge in [0.15, 0.2) is 9.92 Å². The van der Waals surface area contributed by atoms with Crippen molar-refractivity contribution in [2.24, 2.45) is 9.50 Å². The third-order valence-electron chi connectivity index (χ3n) is 6.62. The third-order valence-corrected chi connectivity index (χ3v) is 7.96. The molecule has 0 spiro atoms. The summed E-state index contributed by atoms with van der Waals surface area (Å²) in [5, 5.41) is 13.1. The van der Waals surface area contributed by atoms with Gasteiger partial charge in [-0.25, -0.2) is 18.8 Å². The number of carbonyl (C=O) groups is 1. The first-order valence-electron chi connectivity index (χ1n) is 10.6. The van der Waals surface area contributed by atoms with E-state index in [0.717, 1.165) is 44.2 Å². The number of fused-ring (bicyclic) bond motifs is 3. The van der Waals surface area contributed by atoms with Gasteiger partial charge in [0.05, 0.1) is 12.8 Å². The largest absolute Gasteiger partial charge is 0.477 e. The van der Waals surface area contributed by atoms with Gasteiger partial charge in [-0.15, -0.1) is 4.36 Å². The molecular formula is C21H27N5O3S. The lowest BCUT2D eigenvalue weighted by Gasteiger charge is -2.20. The van der Waals surface area contributed by atoms with Crippen molar-refractivity contribution in [3.8, 4) is 5.88 Å². The number of anilines is 1. The lowest BCUT2D eigenvalue weighted by atomic mass is 9.90. The van der Waals surface area contributed by atoms with Gasteiger partial charge in [0.1, 0.15) is 4.90 Å². The number of nitrogens with zero attached hydrogens (tertiary/aromatic N) is 3. The molecule has 2 aromatic rings. The van der Waals surface area contributed by atoms with Gasteiger partial charge in [-0.05, 0) is 72.8 Å². The van der Waals surface area contributed by atoms with E-state index in [-0.39, 0.29) is 4.90 Å². The van der Waals surface area contributed by atoms with Gasteiger partial charge in [0.25, 0.3) is 0 Å². The number of rotatable bonds is 2. The molecular weight excluding hydrogens is 402 g/mol. The summed E-state index contributed by atoms with van der Waals surface area (Å²) in [5.41, 5.74) is 7.37. The second-order valence-corrected chi connectivity index (χ2v) is 10.2. The Balaban J connectivity index is 1.53. The highest BCUT2D eigenvalue weighted by Gasteiger charge is 2.31. The van der Waals surface area contributed by atoms with E-state index in [9.17, 15) is 9.00 Å². The molecule has 8 nitrogen and oxygen atoms in total. The molecule has 5 rings (SSSR count). The number of nitrogens with one attached hydrogen (secondary N) is 1. The summed E-state index contributed by atoms with van der Waals surface area (Å²) in [6.07, 6.45) is 7.38. The molecule has 0 saturated heterocycles. The van der Waals surface area contributed by atoms with E-state index in [4.69, 9.17) is 9.88 Å². The van der Waals surface area contributed by atoms with E-state index in [0.29, 0.717) is 24.9 Å². The van der Waals surface area contributed by atoms with Crippen LogP contribution in [0.5, 0.6) is 5.88 Å². The molecule has 0 radical (unpaired) electrons. The smallest absolute Gasteiger partial charge is 0.354 e. The Bertz CT molecular complexity index is 1180. The van der Waals surface area contributed by atoms with Crippen LogP contribution in [0.25, 0.3) is 0 Å². The summed E-state index contributed by atoms with van der Waals surface area (Å²) in [6.45, 7) is 5.56.